The van der Waals surface area contributed by atoms with Gasteiger partial charge in [0.05, 0.1) is 0 Å². The van der Waals surface area contributed by atoms with E-state index in [0.29, 0.717) is 12.5 Å². The van der Waals surface area contributed by atoms with Crippen LogP contribution in [0.4, 0.5) is 0 Å². The lowest BCUT2D eigenvalue weighted by Crippen LogP contribution is -2.43. The van der Waals surface area contributed by atoms with Gasteiger partial charge in [-0.1, -0.05) is 20.3 Å². The van der Waals surface area contributed by atoms with Crippen molar-refractivity contribution in [3.8, 4) is 0 Å². The van der Waals surface area contributed by atoms with E-state index in [0.717, 1.165) is 24.8 Å². The van der Waals surface area contributed by atoms with Crippen molar-refractivity contribution < 1.29 is 4.79 Å². The van der Waals surface area contributed by atoms with E-state index in [1.54, 1.807) is 0 Å². The molecule has 0 heterocycles. The highest BCUT2D eigenvalue weighted by atomic mass is 16.1. The van der Waals surface area contributed by atoms with Gasteiger partial charge in [0.15, 0.2) is 0 Å². The van der Waals surface area contributed by atoms with Crippen molar-refractivity contribution in [2.75, 3.05) is 6.54 Å². The molecule has 0 bridgehead atoms. The van der Waals surface area contributed by atoms with Crippen molar-refractivity contribution in [2.45, 2.75) is 52.0 Å². The number of rotatable bonds is 5. The van der Waals surface area contributed by atoms with Crippen LogP contribution < -0.4 is 11.1 Å². The Kier molecular flexibility index (Phi) is 5.09. The van der Waals surface area contributed by atoms with Gasteiger partial charge < -0.3 is 11.1 Å². The Bertz CT molecular complexity index is 196. The number of hydrogen-bond donors (Lipinski definition) is 2. The van der Waals surface area contributed by atoms with E-state index in [4.69, 9.17) is 5.73 Å². The highest BCUT2D eigenvalue weighted by Crippen LogP contribution is 2.28. The molecule has 1 amide bonds. The lowest BCUT2D eigenvalue weighted by molar-refractivity contribution is -0.118. The van der Waals surface area contributed by atoms with Crippen molar-refractivity contribution in [3.63, 3.8) is 0 Å². The molecule has 0 aliphatic heterocycles. The quantitative estimate of drug-likeness (QED) is 0.681. The summed E-state index contributed by atoms with van der Waals surface area (Å²) in [5.41, 5.74) is 5.10. The lowest BCUT2D eigenvalue weighted by Gasteiger charge is -2.35. The van der Waals surface area contributed by atoms with Crippen LogP contribution >= 0.6 is 0 Å². The standard InChI is InChI=1S/C12H24N2O/c1-9-5-3-6-10(2)12(9)14-8-4-7-11(13)15/h9-10,12,14H,3-8H2,1-2H3,(H2,13,15). The van der Waals surface area contributed by atoms with Crippen molar-refractivity contribution in [1.29, 1.82) is 0 Å². The summed E-state index contributed by atoms with van der Waals surface area (Å²) < 4.78 is 0. The monoisotopic (exact) mass is 212 g/mol. The van der Waals surface area contributed by atoms with Crippen LogP contribution in [0.3, 0.4) is 0 Å². The van der Waals surface area contributed by atoms with Crippen LogP contribution in [0, 0.1) is 11.8 Å². The summed E-state index contributed by atoms with van der Waals surface area (Å²) in [5.74, 6) is 1.34. The third-order valence-corrected chi connectivity index (χ3v) is 3.53. The van der Waals surface area contributed by atoms with Crippen LogP contribution in [-0.2, 0) is 4.79 Å². The van der Waals surface area contributed by atoms with Gasteiger partial charge >= 0.3 is 0 Å². The Morgan fingerprint density at radius 2 is 1.93 bits per heavy atom. The maximum atomic E-state index is 10.6. The van der Waals surface area contributed by atoms with E-state index in [1.807, 2.05) is 0 Å². The fourth-order valence-electron chi connectivity index (χ4n) is 2.62. The van der Waals surface area contributed by atoms with E-state index >= 15 is 0 Å². The zero-order valence-corrected chi connectivity index (χ0v) is 9.96. The molecular formula is C12H24N2O. The van der Waals surface area contributed by atoms with Gasteiger partial charge in [-0.3, -0.25) is 4.79 Å². The van der Waals surface area contributed by atoms with Crippen LogP contribution in [0.5, 0.6) is 0 Å². The minimum absolute atomic E-state index is 0.193. The van der Waals surface area contributed by atoms with Crippen LogP contribution in [0.25, 0.3) is 0 Å². The molecule has 3 N–H and O–H groups in total. The second kappa shape index (κ2) is 6.11. The highest BCUT2D eigenvalue weighted by Gasteiger charge is 2.26. The van der Waals surface area contributed by atoms with Crippen molar-refractivity contribution >= 4 is 5.91 Å². The summed E-state index contributed by atoms with van der Waals surface area (Å²) in [7, 11) is 0. The number of hydrogen-bond acceptors (Lipinski definition) is 2. The van der Waals surface area contributed by atoms with Crippen LogP contribution in [0.15, 0.2) is 0 Å². The first-order chi connectivity index (χ1) is 7.11. The first kappa shape index (κ1) is 12.5. The summed E-state index contributed by atoms with van der Waals surface area (Å²) in [6, 6.07) is 0.631. The van der Waals surface area contributed by atoms with Crippen molar-refractivity contribution in [3.05, 3.63) is 0 Å². The topological polar surface area (TPSA) is 55.1 Å². The minimum atomic E-state index is -0.193. The first-order valence-electron chi connectivity index (χ1n) is 6.13. The maximum Gasteiger partial charge on any atom is 0.217 e. The van der Waals surface area contributed by atoms with Gasteiger partial charge in [-0.05, 0) is 37.6 Å². The van der Waals surface area contributed by atoms with Crippen LogP contribution in [-0.4, -0.2) is 18.5 Å². The van der Waals surface area contributed by atoms with Crippen LogP contribution in [0.2, 0.25) is 0 Å². The summed E-state index contributed by atoms with van der Waals surface area (Å²) >= 11 is 0. The summed E-state index contributed by atoms with van der Waals surface area (Å²) in [6.45, 7) is 5.56. The third kappa shape index (κ3) is 4.20. The lowest BCUT2D eigenvalue weighted by atomic mass is 9.79. The number of amides is 1. The zero-order valence-electron chi connectivity index (χ0n) is 9.96. The van der Waals surface area contributed by atoms with Gasteiger partial charge in [0.25, 0.3) is 0 Å². The molecule has 1 fully saturated rings. The molecule has 0 radical (unpaired) electrons. The zero-order chi connectivity index (χ0) is 11.3. The van der Waals surface area contributed by atoms with Gasteiger partial charge in [0.1, 0.15) is 0 Å². The number of carbonyl (C=O) groups excluding carboxylic acids is 1. The fourth-order valence-corrected chi connectivity index (χ4v) is 2.62. The molecule has 0 spiro atoms. The molecule has 3 nitrogen and oxygen atoms in total. The normalized spacial score (nSPS) is 31.5. The molecule has 3 heteroatoms. The largest absolute Gasteiger partial charge is 0.370 e. The molecule has 1 saturated carbocycles. The fraction of sp³-hybridized carbons (Fsp3) is 0.917. The SMILES string of the molecule is CC1CCCC(C)C1NCCCC(N)=O. The van der Waals surface area contributed by atoms with E-state index < -0.39 is 0 Å². The minimum Gasteiger partial charge on any atom is -0.370 e. The second-order valence-corrected chi connectivity index (χ2v) is 4.94. The molecule has 0 aromatic heterocycles. The summed E-state index contributed by atoms with van der Waals surface area (Å²) in [4.78, 5) is 10.6. The molecule has 1 aliphatic carbocycles. The van der Waals surface area contributed by atoms with Gasteiger partial charge in [-0.15, -0.1) is 0 Å². The predicted molar refractivity (Wildman–Crippen MR) is 62.4 cm³/mol. The molecule has 1 rings (SSSR count). The van der Waals surface area contributed by atoms with Crippen molar-refractivity contribution in [1.82, 2.24) is 5.32 Å². The molecule has 15 heavy (non-hydrogen) atoms. The average molecular weight is 212 g/mol. The van der Waals surface area contributed by atoms with Gasteiger partial charge in [0.2, 0.25) is 5.91 Å². The smallest absolute Gasteiger partial charge is 0.217 e. The molecular weight excluding hydrogens is 188 g/mol. The second-order valence-electron chi connectivity index (χ2n) is 4.94. The van der Waals surface area contributed by atoms with Gasteiger partial charge in [-0.25, -0.2) is 0 Å². The molecule has 0 aromatic carbocycles. The molecule has 88 valence electrons. The maximum absolute atomic E-state index is 10.6. The van der Waals surface area contributed by atoms with Gasteiger partial charge in [0, 0.05) is 12.5 Å². The Morgan fingerprint density at radius 3 is 2.47 bits per heavy atom. The number of nitrogens with one attached hydrogen (secondary N) is 1. The van der Waals surface area contributed by atoms with E-state index in [9.17, 15) is 4.79 Å². The van der Waals surface area contributed by atoms with Gasteiger partial charge in [-0.2, -0.15) is 0 Å². The number of primary amides is 1. The summed E-state index contributed by atoms with van der Waals surface area (Å²) in [5, 5.41) is 3.57. The predicted octanol–water partition coefficient (Wildman–Crippen LogP) is 1.67. The van der Waals surface area contributed by atoms with E-state index in [2.05, 4.69) is 19.2 Å². The molecule has 2 atom stereocenters. The molecule has 0 saturated heterocycles. The Labute approximate surface area is 92.8 Å². The Morgan fingerprint density at radius 1 is 1.33 bits per heavy atom. The number of carbonyl (C=O) groups is 1. The highest BCUT2D eigenvalue weighted by molar-refractivity contribution is 5.73. The third-order valence-electron chi connectivity index (χ3n) is 3.53. The molecule has 2 unspecified atom stereocenters. The Balaban J connectivity index is 2.20. The average Bonchev–Trinajstić information content (AvgIpc) is 2.15. The van der Waals surface area contributed by atoms with E-state index in [1.165, 1.54) is 19.3 Å². The first-order valence-corrected chi connectivity index (χ1v) is 6.13. The van der Waals surface area contributed by atoms with Crippen LogP contribution in [0.1, 0.15) is 46.0 Å². The Hall–Kier alpha value is -0.570. The van der Waals surface area contributed by atoms with E-state index in [-0.39, 0.29) is 5.91 Å². The number of nitrogens with two attached hydrogens (primary N) is 1. The molecule has 1 aliphatic rings. The van der Waals surface area contributed by atoms with Crippen molar-refractivity contribution in [2.24, 2.45) is 17.6 Å². The summed E-state index contributed by atoms with van der Waals surface area (Å²) in [6.07, 6.45) is 5.39. The molecule has 0 aromatic rings.